The fourth-order valence-corrected chi connectivity index (χ4v) is 14.8. The molecular formula is C52H90O3Si2. The summed E-state index contributed by atoms with van der Waals surface area (Å²) in [6, 6.07) is 17.1. The van der Waals surface area contributed by atoms with E-state index in [9.17, 15) is 0 Å². The molecule has 0 fully saturated rings. The van der Waals surface area contributed by atoms with E-state index in [1.54, 1.807) is 0 Å². The van der Waals surface area contributed by atoms with Gasteiger partial charge in [-0.1, -0.05) is 229 Å². The molecular weight excluding hydrogens is 729 g/mol. The predicted molar refractivity (Wildman–Crippen MR) is 259 cm³/mol. The first-order valence-electron chi connectivity index (χ1n) is 24.3. The van der Waals surface area contributed by atoms with Crippen LogP contribution in [-0.2, 0) is 4.12 Å². The molecule has 0 bridgehead atoms. The Morgan fingerprint density at radius 3 is 0.860 bits per heavy atom. The van der Waals surface area contributed by atoms with Crippen molar-refractivity contribution in [3.63, 3.8) is 0 Å². The minimum Gasteiger partial charge on any atom is -0.494 e. The van der Waals surface area contributed by atoms with Crippen LogP contribution in [0.5, 0.6) is 11.5 Å². The van der Waals surface area contributed by atoms with Gasteiger partial charge in [0, 0.05) is 0 Å². The first kappa shape index (κ1) is 51.1. The maximum Gasteiger partial charge on any atom is 0.198 e. The zero-order valence-electron chi connectivity index (χ0n) is 38.4. The molecule has 0 atom stereocenters. The lowest BCUT2D eigenvalue weighted by Crippen LogP contribution is -2.42. The van der Waals surface area contributed by atoms with Gasteiger partial charge in [0.15, 0.2) is 16.6 Å². The lowest BCUT2D eigenvalue weighted by Gasteiger charge is -2.29. The van der Waals surface area contributed by atoms with Crippen molar-refractivity contribution >= 4 is 28.8 Å². The second kappa shape index (κ2) is 33.7. The number of hydrogen-bond donors (Lipinski definition) is 0. The molecule has 2 aromatic rings. The standard InChI is InChI=1S/C52H90O3Si2/c1-7-9-11-13-15-17-19-21-23-25-27-29-31-33-45-53-51-39-35-49(36-40-51)43-47-56(3,4)55-57(5,6)48-44-50-37-41-52(42-38-50)54-46-34-32-30-28-26-24-22-20-18-16-14-12-10-8-2/h35-44,47-48H,7-34,45-46H2,1-6H3/b47-43+,48-44+. The fraction of sp³-hybridized carbons (Fsp3) is 0.692. The van der Waals surface area contributed by atoms with Crippen LogP contribution in [0.15, 0.2) is 59.9 Å². The minimum atomic E-state index is -2.00. The third-order valence-corrected chi connectivity index (χ3v) is 17.3. The molecule has 0 heterocycles. The highest BCUT2D eigenvalue weighted by molar-refractivity contribution is 6.90. The van der Waals surface area contributed by atoms with Crippen molar-refractivity contribution in [2.75, 3.05) is 13.2 Å². The van der Waals surface area contributed by atoms with Gasteiger partial charge in [0.25, 0.3) is 0 Å². The molecule has 0 aromatic heterocycles. The van der Waals surface area contributed by atoms with Gasteiger partial charge in [-0.05, 0) is 74.4 Å². The molecule has 0 aliphatic heterocycles. The summed E-state index contributed by atoms with van der Waals surface area (Å²) in [4.78, 5) is 0. The molecule has 0 amide bonds. The summed E-state index contributed by atoms with van der Waals surface area (Å²) in [7, 11) is -4.00. The second-order valence-electron chi connectivity index (χ2n) is 18.0. The third-order valence-electron chi connectivity index (χ3n) is 11.2. The van der Waals surface area contributed by atoms with Crippen molar-refractivity contribution < 1.29 is 13.6 Å². The van der Waals surface area contributed by atoms with E-state index in [1.165, 1.54) is 178 Å². The Labute approximate surface area is 356 Å². The van der Waals surface area contributed by atoms with Gasteiger partial charge in [-0.2, -0.15) is 0 Å². The van der Waals surface area contributed by atoms with Crippen LogP contribution in [0.1, 0.15) is 205 Å². The maximum atomic E-state index is 6.85. The van der Waals surface area contributed by atoms with Gasteiger partial charge in [0.05, 0.1) is 13.2 Å². The second-order valence-corrected chi connectivity index (χ2v) is 25.9. The number of hydrogen-bond acceptors (Lipinski definition) is 3. The molecule has 0 N–H and O–H groups in total. The largest absolute Gasteiger partial charge is 0.494 e. The third kappa shape index (κ3) is 29.7. The Morgan fingerprint density at radius 2 is 0.596 bits per heavy atom. The zero-order chi connectivity index (χ0) is 41.1. The summed E-state index contributed by atoms with van der Waals surface area (Å²) in [6.45, 7) is 15.4. The summed E-state index contributed by atoms with van der Waals surface area (Å²) < 4.78 is 19.0. The maximum absolute atomic E-state index is 6.85. The van der Waals surface area contributed by atoms with Crippen molar-refractivity contribution in [2.45, 2.75) is 220 Å². The van der Waals surface area contributed by atoms with E-state index in [2.05, 4.69) is 112 Å². The van der Waals surface area contributed by atoms with Crippen LogP contribution >= 0.6 is 0 Å². The highest BCUT2D eigenvalue weighted by Gasteiger charge is 2.29. The number of unbranched alkanes of at least 4 members (excludes halogenated alkanes) is 26. The lowest BCUT2D eigenvalue weighted by atomic mass is 10.0. The van der Waals surface area contributed by atoms with Crippen molar-refractivity contribution in [2.24, 2.45) is 0 Å². The van der Waals surface area contributed by atoms with Crippen molar-refractivity contribution in [1.29, 1.82) is 0 Å². The Kier molecular flexibility index (Phi) is 30.2. The van der Waals surface area contributed by atoms with Crippen molar-refractivity contribution in [3.05, 3.63) is 71.1 Å². The smallest absolute Gasteiger partial charge is 0.198 e. The SMILES string of the molecule is CCCCCCCCCCCCCCCCOc1ccc(/C=C/[Si](C)(C)O[Si](C)(C)/C=C/c2ccc(OCCCCCCCCCCCCCCCC)cc2)cc1. The fourth-order valence-electron chi connectivity index (χ4n) is 7.66. The van der Waals surface area contributed by atoms with Crippen LogP contribution in [0.4, 0.5) is 0 Å². The van der Waals surface area contributed by atoms with Gasteiger partial charge in [0.1, 0.15) is 11.5 Å². The first-order valence-corrected chi connectivity index (χ1v) is 30.2. The predicted octanol–water partition coefficient (Wildman–Crippen LogP) is 17.6. The van der Waals surface area contributed by atoms with E-state index < -0.39 is 16.6 Å². The van der Waals surface area contributed by atoms with Crippen LogP contribution in [0.25, 0.3) is 12.2 Å². The van der Waals surface area contributed by atoms with E-state index >= 15 is 0 Å². The first-order chi connectivity index (χ1) is 27.7. The summed E-state index contributed by atoms with van der Waals surface area (Å²) in [6.07, 6.45) is 43.1. The highest BCUT2D eigenvalue weighted by Crippen LogP contribution is 2.22. The molecule has 0 saturated heterocycles. The normalized spacial score (nSPS) is 12.3. The van der Waals surface area contributed by atoms with E-state index in [-0.39, 0.29) is 0 Å². The minimum absolute atomic E-state index is 0.811. The van der Waals surface area contributed by atoms with E-state index in [1.807, 2.05) is 0 Å². The van der Waals surface area contributed by atoms with E-state index in [4.69, 9.17) is 13.6 Å². The lowest BCUT2D eigenvalue weighted by molar-refractivity contribution is 0.304. The molecule has 0 saturated carbocycles. The van der Waals surface area contributed by atoms with E-state index in [0.29, 0.717) is 0 Å². The molecule has 2 aromatic carbocycles. The van der Waals surface area contributed by atoms with Crippen LogP contribution in [0.3, 0.4) is 0 Å². The molecule has 324 valence electrons. The average Bonchev–Trinajstić information content (AvgIpc) is 3.20. The Morgan fingerprint density at radius 1 is 0.351 bits per heavy atom. The van der Waals surface area contributed by atoms with Crippen LogP contribution in [0.2, 0.25) is 26.2 Å². The Balaban J connectivity index is 1.54. The molecule has 0 aliphatic carbocycles. The summed E-state index contributed by atoms with van der Waals surface area (Å²) in [5, 5.41) is 0. The summed E-state index contributed by atoms with van der Waals surface area (Å²) in [5.74, 6) is 1.94. The molecule has 5 heteroatoms. The van der Waals surface area contributed by atoms with Gasteiger partial charge < -0.3 is 13.6 Å². The monoisotopic (exact) mass is 819 g/mol. The molecule has 0 spiro atoms. The van der Waals surface area contributed by atoms with Gasteiger partial charge in [0.2, 0.25) is 0 Å². The van der Waals surface area contributed by atoms with Crippen LogP contribution in [-0.4, -0.2) is 29.8 Å². The number of benzene rings is 2. The van der Waals surface area contributed by atoms with Gasteiger partial charge in [-0.15, -0.1) is 0 Å². The Bertz CT molecular complexity index is 1150. The molecule has 57 heavy (non-hydrogen) atoms. The van der Waals surface area contributed by atoms with Crippen molar-refractivity contribution in [3.8, 4) is 11.5 Å². The Hall–Kier alpha value is -2.09. The van der Waals surface area contributed by atoms with Gasteiger partial charge in [-0.25, -0.2) is 0 Å². The molecule has 3 nitrogen and oxygen atoms in total. The molecule has 0 radical (unpaired) electrons. The summed E-state index contributed by atoms with van der Waals surface area (Å²) >= 11 is 0. The average molecular weight is 819 g/mol. The highest BCUT2D eigenvalue weighted by atomic mass is 28.4. The molecule has 2 rings (SSSR count). The van der Waals surface area contributed by atoms with Gasteiger partial charge in [-0.3, -0.25) is 0 Å². The summed E-state index contributed by atoms with van der Waals surface area (Å²) in [5.41, 5.74) is 7.04. The zero-order valence-corrected chi connectivity index (χ0v) is 40.4. The topological polar surface area (TPSA) is 27.7 Å². The number of rotatable bonds is 38. The molecule has 0 unspecified atom stereocenters. The van der Waals surface area contributed by atoms with Crippen molar-refractivity contribution in [1.82, 2.24) is 0 Å². The number of ether oxygens (including phenoxy) is 2. The molecule has 0 aliphatic rings. The quantitative estimate of drug-likeness (QED) is 0.0499. The van der Waals surface area contributed by atoms with Crippen LogP contribution in [0, 0.1) is 0 Å². The van der Waals surface area contributed by atoms with Gasteiger partial charge >= 0.3 is 0 Å². The van der Waals surface area contributed by atoms with Crippen LogP contribution < -0.4 is 9.47 Å². The van der Waals surface area contributed by atoms with E-state index in [0.717, 1.165) is 37.6 Å².